The molecule has 1 amide bonds. The fourth-order valence-electron chi connectivity index (χ4n) is 2.86. The lowest BCUT2D eigenvalue weighted by Gasteiger charge is -2.14. The van der Waals surface area contributed by atoms with Crippen molar-refractivity contribution >= 4 is 23.2 Å². The molecule has 0 bridgehead atoms. The van der Waals surface area contributed by atoms with Gasteiger partial charge in [-0.3, -0.25) is 4.79 Å². The maximum Gasteiger partial charge on any atom is 0.239 e. The molecule has 0 saturated carbocycles. The van der Waals surface area contributed by atoms with E-state index >= 15 is 0 Å². The first-order chi connectivity index (χ1) is 10.6. The summed E-state index contributed by atoms with van der Waals surface area (Å²) in [5.74, 6) is 0.00690. The molecule has 22 heavy (non-hydrogen) atoms. The molecular formula is C18H25ClN2O. The highest BCUT2D eigenvalue weighted by molar-refractivity contribution is 6.33. The molecule has 0 saturated heterocycles. The summed E-state index contributed by atoms with van der Waals surface area (Å²) in [4.78, 5) is 11.9. The van der Waals surface area contributed by atoms with E-state index in [0.717, 1.165) is 23.2 Å². The van der Waals surface area contributed by atoms with Gasteiger partial charge in [0.1, 0.15) is 0 Å². The predicted octanol–water partition coefficient (Wildman–Crippen LogP) is 4.38. The standard InChI is InChI=1S/C18H25ClN2O/c1-13-10-14(2)18(16(19)11-13)21-12-17(22)20-9-8-15-6-4-3-5-7-15/h6,10-11,21H,3-5,7-9,12H2,1-2H3,(H,20,22). The molecule has 0 aliphatic heterocycles. The van der Waals surface area contributed by atoms with Crippen molar-refractivity contribution in [2.24, 2.45) is 0 Å². The molecule has 3 nitrogen and oxygen atoms in total. The van der Waals surface area contributed by atoms with E-state index in [1.54, 1.807) is 0 Å². The van der Waals surface area contributed by atoms with E-state index in [1.807, 2.05) is 19.9 Å². The van der Waals surface area contributed by atoms with Crippen LogP contribution in [0.25, 0.3) is 0 Å². The van der Waals surface area contributed by atoms with Crippen molar-refractivity contribution in [1.29, 1.82) is 0 Å². The minimum absolute atomic E-state index is 0.00690. The zero-order chi connectivity index (χ0) is 15.9. The molecule has 0 fully saturated rings. The number of anilines is 1. The number of hydrogen-bond donors (Lipinski definition) is 2. The summed E-state index contributed by atoms with van der Waals surface area (Å²) in [6.45, 7) is 4.97. The fraction of sp³-hybridized carbons (Fsp3) is 0.500. The maximum absolute atomic E-state index is 11.9. The van der Waals surface area contributed by atoms with Crippen molar-refractivity contribution in [1.82, 2.24) is 5.32 Å². The van der Waals surface area contributed by atoms with Crippen molar-refractivity contribution in [3.63, 3.8) is 0 Å². The van der Waals surface area contributed by atoms with Gasteiger partial charge in [0.25, 0.3) is 0 Å². The molecule has 1 aliphatic rings. The van der Waals surface area contributed by atoms with Crippen LogP contribution in [0, 0.1) is 13.8 Å². The zero-order valence-electron chi connectivity index (χ0n) is 13.5. The van der Waals surface area contributed by atoms with Crippen LogP contribution < -0.4 is 10.6 Å². The number of rotatable bonds is 6. The summed E-state index contributed by atoms with van der Waals surface area (Å²) in [7, 11) is 0. The molecular weight excluding hydrogens is 296 g/mol. The third-order valence-corrected chi connectivity index (χ3v) is 4.31. The lowest BCUT2D eigenvalue weighted by Crippen LogP contribution is -2.31. The van der Waals surface area contributed by atoms with Gasteiger partial charge in [-0.05, 0) is 63.1 Å². The largest absolute Gasteiger partial charge is 0.375 e. The Morgan fingerprint density at radius 2 is 2.09 bits per heavy atom. The van der Waals surface area contributed by atoms with Gasteiger partial charge in [-0.2, -0.15) is 0 Å². The van der Waals surface area contributed by atoms with Gasteiger partial charge in [0, 0.05) is 6.54 Å². The minimum atomic E-state index is 0.00690. The molecule has 0 aromatic heterocycles. The van der Waals surface area contributed by atoms with Crippen molar-refractivity contribution in [3.05, 3.63) is 39.9 Å². The number of amides is 1. The monoisotopic (exact) mass is 320 g/mol. The van der Waals surface area contributed by atoms with Crippen LogP contribution in [-0.2, 0) is 4.79 Å². The molecule has 2 N–H and O–H groups in total. The number of nitrogens with one attached hydrogen (secondary N) is 2. The van der Waals surface area contributed by atoms with Crippen LogP contribution in [0.1, 0.15) is 43.2 Å². The predicted molar refractivity (Wildman–Crippen MR) is 93.6 cm³/mol. The van der Waals surface area contributed by atoms with Gasteiger partial charge >= 0.3 is 0 Å². The molecule has 0 heterocycles. The number of halogens is 1. The van der Waals surface area contributed by atoms with Crippen molar-refractivity contribution in [3.8, 4) is 0 Å². The quantitative estimate of drug-likeness (QED) is 0.764. The molecule has 120 valence electrons. The Kier molecular flexibility index (Phi) is 6.32. The second kappa shape index (κ2) is 8.23. The van der Waals surface area contributed by atoms with E-state index < -0.39 is 0 Å². The lowest BCUT2D eigenvalue weighted by atomic mass is 9.97. The number of allylic oxidation sites excluding steroid dienone is 1. The van der Waals surface area contributed by atoms with Crippen LogP contribution in [0.4, 0.5) is 5.69 Å². The smallest absolute Gasteiger partial charge is 0.239 e. The SMILES string of the molecule is Cc1cc(C)c(NCC(=O)NCCC2=CCCCC2)c(Cl)c1. The van der Waals surface area contributed by atoms with E-state index in [4.69, 9.17) is 11.6 Å². The molecule has 0 atom stereocenters. The molecule has 0 unspecified atom stereocenters. The molecule has 4 heteroatoms. The molecule has 1 aromatic carbocycles. The van der Waals surface area contributed by atoms with Gasteiger partial charge in [-0.1, -0.05) is 29.3 Å². The minimum Gasteiger partial charge on any atom is -0.375 e. The van der Waals surface area contributed by atoms with E-state index in [9.17, 15) is 4.79 Å². The zero-order valence-corrected chi connectivity index (χ0v) is 14.2. The second-order valence-electron chi connectivity index (χ2n) is 6.00. The molecule has 1 aliphatic carbocycles. The molecule has 2 rings (SSSR count). The Morgan fingerprint density at radius 3 is 2.77 bits per heavy atom. The Hall–Kier alpha value is -1.48. The number of hydrogen-bond acceptors (Lipinski definition) is 2. The van der Waals surface area contributed by atoms with Gasteiger partial charge in [0.2, 0.25) is 5.91 Å². The van der Waals surface area contributed by atoms with Crippen LogP contribution in [0.5, 0.6) is 0 Å². The van der Waals surface area contributed by atoms with Crippen LogP contribution in [0.3, 0.4) is 0 Å². The first-order valence-electron chi connectivity index (χ1n) is 8.01. The number of carbonyl (C=O) groups excluding carboxylic acids is 1. The lowest BCUT2D eigenvalue weighted by molar-refractivity contribution is -0.119. The van der Waals surface area contributed by atoms with E-state index in [2.05, 4.69) is 22.8 Å². The second-order valence-corrected chi connectivity index (χ2v) is 6.41. The van der Waals surface area contributed by atoms with Gasteiger partial charge in [0.15, 0.2) is 0 Å². The van der Waals surface area contributed by atoms with Gasteiger partial charge in [-0.25, -0.2) is 0 Å². The maximum atomic E-state index is 11.9. The van der Waals surface area contributed by atoms with Crippen LogP contribution in [-0.4, -0.2) is 19.0 Å². The summed E-state index contributed by atoms with van der Waals surface area (Å²) < 4.78 is 0. The van der Waals surface area contributed by atoms with Crippen LogP contribution in [0.15, 0.2) is 23.8 Å². The van der Waals surface area contributed by atoms with E-state index in [1.165, 1.54) is 31.3 Å². The van der Waals surface area contributed by atoms with Crippen molar-refractivity contribution in [2.45, 2.75) is 46.0 Å². The summed E-state index contributed by atoms with van der Waals surface area (Å²) in [6, 6.07) is 3.96. The van der Waals surface area contributed by atoms with Gasteiger partial charge < -0.3 is 10.6 Å². The highest BCUT2D eigenvalue weighted by Crippen LogP contribution is 2.27. The number of carbonyl (C=O) groups is 1. The summed E-state index contributed by atoms with van der Waals surface area (Å²) in [5, 5.41) is 6.77. The summed E-state index contributed by atoms with van der Waals surface area (Å²) in [5.41, 5.74) is 4.51. The normalized spacial score (nSPS) is 14.4. The van der Waals surface area contributed by atoms with Crippen LogP contribution in [0.2, 0.25) is 5.02 Å². The molecule has 0 radical (unpaired) electrons. The summed E-state index contributed by atoms with van der Waals surface area (Å²) >= 11 is 6.22. The van der Waals surface area contributed by atoms with E-state index in [0.29, 0.717) is 11.6 Å². The number of benzene rings is 1. The Balaban J connectivity index is 1.75. The summed E-state index contributed by atoms with van der Waals surface area (Å²) in [6.07, 6.45) is 8.25. The highest BCUT2D eigenvalue weighted by atomic mass is 35.5. The van der Waals surface area contributed by atoms with E-state index in [-0.39, 0.29) is 12.5 Å². The van der Waals surface area contributed by atoms with Gasteiger partial charge in [0.05, 0.1) is 17.3 Å². The third-order valence-electron chi connectivity index (χ3n) is 4.01. The Labute approximate surface area is 138 Å². The van der Waals surface area contributed by atoms with Gasteiger partial charge in [-0.15, -0.1) is 0 Å². The highest BCUT2D eigenvalue weighted by Gasteiger charge is 2.08. The fourth-order valence-corrected chi connectivity index (χ4v) is 3.25. The number of aryl methyl sites for hydroxylation is 2. The van der Waals surface area contributed by atoms with Crippen molar-refractivity contribution in [2.75, 3.05) is 18.4 Å². The average molecular weight is 321 g/mol. The van der Waals surface area contributed by atoms with Crippen molar-refractivity contribution < 1.29 is 4.79 Å². The topological polar surface area (TPSA) is 41.1 Å². The van der Waals surface area contributed by atoms with Crippen LogP contribution >= 0.6 is 11.6 Å². The Morgan fingerprint density at radius 1 is 1.27 bits per heavy atom. The Bertz CT molecular complexity index is 543. The third kappa shape index (κ3) is 5.06. The molecule has 0 spiro atoms. The first-order valence-corrected chi connectivity index (χ1v) is 8.39. The molecule has 1 aromatic rings. The first kappa shape index (κ1) is 16.9. The average Bonchev–Trinajstić information content (AvgIpc) is 2.47.